The molecule has 0 spiro atoms. The van der Waals surface area contributed by atoms with E-state index in [1.54, 1.807) is 7.11 Å². The highest BCUT2D eigenvalue weighted by molar-refractivity contribution is 5.71. The van der Waals surface area contributed by atoms with Crippen LogP contribution in [0.1, 0.15) is 19.4 Å². The summed E-state index contributed by atoms with van der Waals surface area (Å²) in [6.07, 6.45) is -0.0684. The molecule has 0 heterocycles. The number of rotatable bonds is 6. The number of hydrogen-bond acceptors (Lipinski definition) is 4. The number of carbonyl (C=O) groups excluding carboxylic acids is 1. The summed E-state index contributed by atoms with van der Waals surface area (Å²) in [4.78, 5) is 11.3. The summed E-state index contributed by atoms with van der Waals surface area (Å²) in [6, 6.07) is 7.71. The fourth-order valence-corrected chi connectivity index (χ4v) is 1.40. The van der Waals surface area contributed by atoms with Crippen LogP contribution >= 0.6 is 0 Å². The Kier molecular flexibility index (Phi) is 5.49. The number of methoxy groups -OCH3 is 1. The van der Waals surface area contributed by atoms with E-state index in [1.807, 2.05) is 38.1 Å². The smallest absolute Gasteiger partial charge is 0.320 e. The van der Waals surface area contributed by atoms with E-state index in [2.05, 4.69) is 5.32 Å². The quantitative estimate of drug-likeness (QED) is 0.765. The first kappa shape index (κ1) is 13.5. The van der Waals surface area contributed by atoms with Crippen LogP contribution in [0.15, 0.2) is 24.3 Å². The van der Waals surface area contributed by atoms with Crippen LogP contribution in [0.2, 0.25) is 0 Å². The predicted molar refractivity (Wildman–Crippen MR) is 65.9 cm³/mol. The lowest BCUT2D eigenvalue weighted by atomic mass is 10.2. The highest BCUT2D eigenvalue weighted by atomic mass is 16.5. The van der Waals surface area contributed by atoms with Gasteiger partial charge >= 0.3 is 5.97 Å². The fourth-order valence-electron chi connectivity index (χ4n) is 1.40. The van der Waals surface area contributed by atoms with Gasteiger partial charge in [0.2, 0.25) is 0 Å². The molecular weight excluding hydrogens is 218 g/mol. The molecule has 4 nitrogen and oxygen atoms in total. The molecule has 17 heavy (non-hydrogen) atoms. The predicted octanol–water partition coefficient (Wildman–Crippen LogP) is 1.74. The number of hydrogen-bond donors (Lipinski definition) is 1. The summed E-state index contributed by atoms with van der Waals surface area (Å²) in [5, 5.41) is 3.03. The maximum atomic E-state index is 11.3. The van der Waals surface area contributed by atoms with Crippen molar-refractivity contribution in [3.05, 3.63) is 29.8 Å². The summed E-state index contributed by atoms with van der Waals surface area (Å²) < 4.78 is 10.1. The highest BCUT2D eigenvalue weighted by Crippen LogP contribution is 2.11. The highest BCUT2D eigenvalue weighted by Gasteiger charge is 2.04. The van der Waals surface area contributed by atoms with Crippen LogP contribution in [0.3, 0.4) is 0 Å². The van der Waals surface area contributed by atoms with Gasteiger partial charge in [-0.3, -0.25) is 4.79 Å². The van der Waals surface area contributed by atoms with E-state index < -0.39 is 0 Å². The standard InChI is InChI=1S/C13H19NO3/c1-10(2)17-13(15)9-14-8-11-5-4-6-12(7-11)16-3/h4-7,10,14H,8-9H2,1-3H3. The topological polar surface area (TPSA) is 47.6 Å². The molecular formula is C13H19NO3. The lowest BCUT2D eigenvalue weighted by molar-refractivity contribution is -0.146. The average Bonchev–Trinajstić information content (AvgIpc) is 2.28. The summed E-state index contributed by atoms with van der Waals surface area (Å²) >= 11 is 0. The average molecular weight is 237 g/mol. The molecule has 0 radical (unpaired) electrons. The van der Waals surface area contributed by atoms with Crippen molar-refractivity contribution in [2.24, 2.45) is 0 Å². The van der Waals surface area contributed by atoms with Crippen LogP contribution < -0.4 is 10.1 Å². The molecule has 0 aliphatic heterocycles. The second-order valence-corrected chi connectivity index (χ2v) is 3.99. The zero-order valence-corrected chi connectivity index (χ0v) is 10.5. The van der Waals surface area contributed by atoms with E-state index >= 15 is 0 Å². The summed E-state index contributed by atoms with van der Waals surface area (Å²) in [5.41, 5.74) is 1.07. The maximum Gasteiger partial charge on any atom is 0.320 e. The number of esters is 1. The molecule has 94 valence electrons. The normalized spacial score (nSPS) is 10.4. The summed E-state index contributed by atoms with van der Waals surface area (Å²) in [7, 11) is 1.63. The van der Waals surface area contributed by atoms with Crippen molar-refractivity contribution in [2.75, 3.05) is 13.7 Å². The lowest BCUT2D eigenvalue weighted by Gasteiger charge is -2.09. The third-order valence-electron chi connectivity index (χ3n) is 2.10. The van der Waals surface area contributed by atoms with E-state index in [9.17, 15) is 4.79 Å². The Hall–Kier alpha value is -1.55. The Bertz CT molecular complexity index is 363. The molecule has 1 rings (SSSR count). The molecule has 0 aliphatic carbocycles. The van der Waals surface area contributed by atoms with Crippen molar-refractivity contribution in [1.82, 2.24) is 5.32 Å². The summed E-state index contributed by atoms with van der Waals surface area (Å²) in [5.74, 6) is 0.581. The summed E-state index contributed by atoms with van der Waals surface area (Å²) in [6.45, 7) is 4.50. The number of benzene rings is 1. The minimum atomic E-state index is -0.233. The largest absolute Gasteiger partial charge is 0.497 e. The molecule has 0 unspecified atom stereocenters. The zero-order valence-electron chi connectivity index (χ0n) is 10.5. The Morgan fingerprint density at radius 3 is 2.82 bits per heavy atom. The van der Waals surface area contributed by atoms with Gasteiger partial charge in [0.1, 0.15) is 5.75 Å². The van der Waals surface area contributed by atoms with Crippen molar-refractivity contribution in [2.45, 2.75) is 26.5 Å². The van der Waals surface area contributed by atoms with Gasteiger partial charge in [0, 0.05) is 6.54 Å². The van der Waals surface area contributed by atoms with Gasteiger partial charge in [-0.2, -0.15) is 0 Å². The van der Waals surface area contributed by atoms with E-state index in [0.29, 0.717) is 6.54 Å². The third kappa shape index (κ3) is 5.36. The van der Waals surface area contributed by atoms with Gasteiger partial charge < -0.3 is 14.8 Å². The van der Waals surface area contributed by atoms with Gasteiger partial charge in [-0.25, -0.2) is 0 Å². The number of ether oxygens (including phenoxy) is 2. The van der Waals surface area contributed by atoms with E-state index in [4.69, 9.17) is 9.47 Å². The van der Waals surface area contributed by atoms with Gasteiger partial charge in [-0.15, -0.1) is 0 Å². The number of carbonyl (C=O) groups is 1. The van der Waals surface area contributed by atoms with Gasteiger partial charge in [0.05, 0.1) is 19.8 Å². The maximum absolute atomic E-state index is 11.3. The van der Waals surface area contributed by atoms with Crippen molar-refractivity contribution in [1.29, 1.82) is 0 Å². The lowest BCUT2D eigenvalue weighted by Crippen LogP contribution is -2.26. The van der Waals surface area contributed by atoms with E-state index in [0.717, 1.165) is 11.3 Å². The molecule has 1 N–H and O–H groups in total. The Morgan fingerprint density at radius 2 is 2.18 bits per heavy atom. The molecule has 0 aromatic heterocycles. The van der Waals surface area contributed by atoms with Crippen LogP contribution in [0.5, 0.6) is 5.75 Å². The van der Waals surface area contributed by atoms with Gasteiger partial charge in [0.25, 0.3) is 0 Å². The van der Waals surface area contributed by atoms with E-state index in [1.165, 1.54) is 0 Å². The van der Waals surface area contributed by atoms with Gasteiger partial charge in [-0.05, 0) is 31.5 Å². The number of nitrogens with one attached hydrogen (secondary N) is 1. The van der Waals surface area contributed by atoms with E-state index in [-0.39, 0.29) is 18.6 Å². The van der Waals surface area contributed by atoms with Crippen molar-refractivity contribution >= 4 is 5.97 Å². The first-order chi connectivity index (χ1) is 8.11. The first-order valence-electron chi connectivity index (χ1n) is 5.65. The third-order valence-corrected chi connectivity index (χ3v) is 2.10. The molecule has 0 aliphatic rings. The molecule has 4 heteroatoms. The van der Waals surface area contributed by atoms with Crippen LogP contribution in [0.25, 0.3) is 0 Å². The van der Waals surface area contributed by atoms with Gasteiger partial charge in [-0.1, -0.05) is 12.1 Å². The molecule has 0 saturated heterocycles. The molecule has 1 aromatic carbocycles. The Labute approximate surface area is 102 Å². The monoisotopic (exact) mass is 237 g/mol. The molecule has 0 bridgehead atoms. The van der Waals surface area contributed by atoms with Crippen molar-refractivity contribution in [3.63, 3.8) is 0 Å². The van der Waals surface area contributed by atoms with Crippen molar-refractivity contribution in [3.8, 4) is 5.75 Å². The molecule has 0 saturated carbocycles. The van der Waals surface area contributed by atoms with Crippen LogP contribution in [-0.2, 0) is 16.1 Å². The van der Waals surface area contributed by atoms with Gasteiger partial charge in [0.15, 0.2) is 0 Å². The Morgan fingerprint density at radius 1 is 1.41 bits per heavy atom. The minimum absolute atomic E-state index is 0.0684. The molecule has 0 amide bonds. The molecule has 0 atom stereocenters. The minimum Gasteiger partial charge on any atom is -0.497 e. The SMILES string of the molecule is COc1cccc(CNCC(=O)OC(C)C)c1. The first-order valence-corrected chi connectivity index (χ1v) is 5.65. The second-order valence-electron chi connectivity index (χ2n) is 3.99. The fraction of sp³-hybridized carbons (Fsp3) is 0.462. The second kappa shape index (κ2) is 6.91. The van der Waals surface area contributed by atoms with Crippen LogP contribution in [0.4, 0.5) is 0 Å². The molecule has 1 aromatic rings. The van der Waals surface area contributed by atoms with Crippen molar-refractivity contribution < 1.29 is 14.3 Å². The Balaban J connectivity index is 2.32. The van der Waals surface area contributed by atoms with Crippen LogP contribution in [0, 0.1) is 0 Å². The molecule has 0 fully saturated rings. The van der Waals surface area contributed by atoms with Crippen LogP contribution in [-0.4, -0.2) is 25.7 Å². The zero-order chi connectivity index (χ0) is 12.7.